The molecular formula is C13H21ClN2O2S. The molecule has 1 heterocycles. The molecule has 108 valence electrons. The van der Waals surface area contributed by atoms with Crippen molar-refractivity contribution in [3.8, 4) is 0 Å². The Morgan fingerprint density at radius 3 is 2.79 bits per heavy atom. The summed E-state index contributed by atoms with van der Waals surface area (Å²) in [5.41, 5.74) is 0.973. The van der Waals surface area contributed by atoms with Crippen LogP contribution in [0, 0.1) is 6.92 Å². The molecule has 0 aliphatic carbocycles. The second-order valence-electron chi connectivity index (χ2n) is 4.79. The minimum atomic E-state index is -3.34. The zero-order valence-corrected chi connectivity index (χ0v) is 12.9. The molecule has 0 radical (unpaired) electrons. The Labute approximate surface area is 121 Å². The number of aryl methyl sites for hydroxylation is 1. The summed E-state index contributed by atoms with van der Waals surface area (Å²) in [5.74, 6) is 0. The third kappa shape index (κ3) is 3.48. The average molecular weight is 305 g/mol. The van der Waals surface area contributed by atoms with Gasteiger partial charge in [-0.15, -0.1) is 12.4 Å². The van der Waals surface area contributed by atoms with Crippen LogP contribution in [-0.4, -0.2) is 38.9 Å². The lowest BCUT2D eigenvalue weighted by molar-refractivity contribution is 0.379. The van der Waals surface area contributed by atoms with E-state index in [0.717, 1.165) is 18.4 Å². The number of nitrogens with zero attached hydrogens (tertiary/aromatic N) is 1. The Bertz CT molecular complexity index is 519. The number of benzene rings is 1. The lowest BCUT2D eigenvalue weighted by Crippen LogP contribution is -2.40. The smallest absolute Gasteiger partial charge is 0.243 e. The summed E-state index contributed by atoms with van der Waals surface area (Å²) < 4.78 is 26.8. The quantitative estimate of drug-likeness (QED) is 0.922. The molecule has 0 saturated carbocycles. The molecule has 1 aliphatic rings. The second kappa shape index (κ2) is 6.70. The monoisotopic (exact) mass is 304 g/mol. The lowest BCUT2D eigenvalue weighted by atomic mass is 10.2. The number of sulfonamides is 1. The Morgan fingerprint density at radius 2 is 2.16 bits per heavy atom. The summed E-state index contributed by atoms with van der Waals surface area (Å²) in [6.07, 6.45) is 1.88. The first kappa shape index (κ1) is 16.4. The van der Waals surface area contributed by atoms with E-state index in [1.165, 1.54) is 0 Å². The minimum Gasteiger partial charge on any atom is -0.318 e. The van der Waals surface area contributed by atoms with E-state index in [1.54, 1.807) is 22.5 Å². The molecule has 1 aromatic rings. The van der Waals surface area contributed by atoms with Crippen LogP contribution in [0.1, 0.15) is 18.4 Å². The topological polar surface area (TPSA) is 49.4 Å². The van der Waals surface area contributed by atoms with Crippen molar-refractivity contribution in [1.82, 2.24) is 9.62 Å². The summed E-state index contributed by atoms with van der Waals surface area (Å²) in [6, 6.07) is 7.21. The van der Waals surface area contributed by atoms with Gasteiger partial charge >= 0.3 is 0 Å². The van der Waals surface area contributed by atoms with Crippen molar-refractivity contribution in [1.29, 1.82) is 0 Å². The van der Waals surface area contributed by atoms with E-state index in [1.807, 2.05) is 20.0 Å². The van der Waals surface area contributed by atoms with Crippen LogP contribution >= 0.6 is 12.4 Å². The largest absolute Gasteiger partial charge is 0.318 e. The van der Waals surface area contributed by atoms with Crippen molar-refractivity contribution in [2.75, 3.05) is 20.1 Å². The molecule has 1 N–H and O–H groups in total. The number of nitrogens with one attached hydrogen (secondary N) is 1. The molecule has 6 heteroatoms. The second-order valence-corrected chi connectivity index (χ2v) is 6.68. The van der Waals surface area contributed by atoms with Gasteiger partial charge < -0.3 is 5.32 Å². The first-order valence-electron chi connectivity index (χ1n) is 6.29. The standard InChI is InChI=1S/C13H20N2O2S.ClH/c1-11-5-3-7-13(9-11)18(16,17)15-8-4-6-12(15)10-14-2;/h3,5,7,9,12,14H,4,6,8,10H2,1-2H3;1H. The van der Waals surface area contributed by atoms with Crippen LogP contribution in [0.5, 0.6) is 0 Å². The summed E-state index contributed by atoms with van der Waals surface area (Å²) >= 11 is 0. The van der Waals surface area contributed by atoms with E-state index in [4.69, 9.17) is 0 Å². The molecule has 0 aromatic heterocycles. The van der Waals surface area contributed by atoms with Gasteiger partial charge in [0.1, 0.15) is 0 Å². The fraction of sp³-hybridized carbons (Fsp3) is 0.538. The molecule has 2 rings (SSSR count). The van der Waals surface area contributed by atoms with E-state index in [-0.39, 0.29) is 18.4 Å². The first-order valence-corrected chi connectivity index (χ1v) is 7.73. The average Bonchev–Trinajstić information content (AvgIpc) is 2.78. The summed E-state index contributed by atoms with van der Waals surface area (Å²) in [6.45, 7) is 3.25. The number of hydrogen-bond donors (Lipinski definition) is 1. The highest BCUT2D eigenvalue weighted by molar-refractivity contribution is 7.89. The third-order valence-corrected chi connectivity index (χ3v) is 5.31. The fourth-order valence-corrected chi connectivity index (χ4v) is 4.27. The van der Waals surface area contributed by atoms with Gasteiger partial charge in [-0.3, -0.25) is 0 Å². The zero-order valence-electron chi connectivity index (χ0n) is 11.3. The van der Waals surface area contributed by atoms with Crippen molar-refractivity contribution in [3.05, 3.63) is 29.8 Å². The van der Waals surface area contributed by atoms with Gasteiger partial charge in [-0.25, -0.2) is 8.42 Å². The van der Waals surface area contributed by atoms with Crippen LogP contribution in [0.25, 0.3) is 0 Å². The Kier molecular flexibility index (Phi) is 5.80. The highest BCUT2D eigenvalue weighted by Gasteiger charge is 2.34. The van der Waals surface area contributed by atoms with Crippen LogP contribution < -0.4 is 5.32 Å². The van der Waals surface area contributed by atoms with Gasteiger partial charge in [-0.1, -0.05) is 12.1 Å². The highest BCUT2D eigenvalue weighted by Crippen LogP contribution is 2.26. The van der Waals surface area contributed by atoms with Crippen LogP contribution in [-0.2, 0) is 10.0 Å². The molecule has 19 heavy (non-hydrogen) atoms. The first-order chi connectivity index (χ1) is 8.55. The molecule has 1 atom stereocenters. The lowest BCUT2D eigenvalue weighted by Gasteiger charge is -2.24. The van der Waals surface area contributed by atoms with Gasteiger partial charge in [0.25, 0.3) is 0 Å². The van der Waals surface area contributed by atoms with E-state index < -0.39 is 10.0 Å². The number of rotatable bonds is 4. The van der Waals surface area contributed by atoms with Crippen LogP contribution in [0.4, 0.5) is 0 Å². The van der Waals surface area contributed by atoms with Gasteiger partial charge in [0.15, 0.2) is 0 Å². The molecule has 1 saturated heterocycles. The van der Waals surface area contributed by atoms with Crippen LogP contribution in [0.3, 0.4) is 0 Å². The SMILES string of the molecule is CNCC1CCCN1S(=O)(=O)c1cccc(C)c1.Cl. The summed E-state index contributed by atoms with van der Waals surface area (Å²) in [5, 5.41) is 3.07. The third-order valence-electron chi connectivity index (χ3n) is 3.36. The zero-order chi connectivity index (χ0) is 13.2. The molecule has 1 fully saturated rings. The molecule has 1 aromatic carbocycles. The van der Waals surface area contributed by atoms with E-state index in [9.17, 15) is 8.42 Å². The maximum Gasteiger partial charge on any atom is 0.243 e. The maximum absolute atomic E-state index is 12.6. The minimum absolute atomic E-state index is 0. The van der Waals surface area contributed by atoms with E-state index >= 15 is 0 Å². The predicted molar refractivity (Wildman–Crippen MR) is 79.3 cm³/mol. The molecule has 1 aliphatic heterocycles. The molecule has 1 unspecified atom stereocenters. The number of halogens is 1. The van der Waals surface area contributed by atoms with E-state index in [2.05, 4.69) is 5.32 Å². The van der Waals surface area contributed by atoms with Gasteiger partial charge in [0.05, 0.1) is 4.90 Å². The Balaban J connectivity index is 0.00000180. The molecule has 0 bridgehead atoms. The number of hydrogen-bond acceptors (Lipinski definition) is 3. The maximum atomic E-state index is 12.6. The van der Waals surface area contributed by atoms with Gasteiger partial charge in [0.2, 0.25) is 10.0 Å². The Morgan fingerprint density at radius 1 is 1.42 bits per heavy atom. The fourth-order valence-electron chi connectivity index (χ4n) is 2.48. The molecule has 0 amide bonds. The predicted octanol–water partition coefficient (Wildman–Crippen LogP) is 1.79. The van der Waals surface area contributed by atoms with Crippen LogP contribution in [0.15, 0.2) is 29.2 Å². The number of likely N-dealkylation sites (N-methyl/N-ethyl adjacent to an activating group) is 1. The van der Waals surface area contributed by atoms with Gasteiger partial charge in [0, 0.05) is 19.1 Å². The van der Waals surface area contributed by atoms with Crippen molar-refractivity contribution >= 4 is 22.4 Å². The normalized spacial score (nSPS) is 20.2. The van der Waals surface area contributed by atoms with E-state index in [0.29, 0.717) is 18.0 Å². The van der Waals surface area contributed by atoms with Gasteiger partial charge in [-0.2, -0.15) is 4.31 Å². The van der Waals surface area contributed by atoms with Crippen molar-refractivity contribution in [2.24, 2.45) is 0 Å². The summed E-state index contributed by atoms with van der Waals surface area (Å²) in [7, 11) is -1.48. The molecular weight excluding hydrogens is 284 g/mol. The summed E-state index contributed by atoms with van der Waals surface area (Å²) in [4.78, 5) is 0.408. The van der Waals surface area contributed by atoms with Crippen molar-refractivity contribution in [2.45, 2.75) is 30.7 Å². The van der Waals surface area contributed by atoms with Crippen molar-refractivity contribution in [3.63, 3.8) is 0 Å². The Hall–Kier alpha value is -0.620. The van der Waals surface area contributed by atoms with Gasteiger partial charge in [-0.05, 0) is 44.5 Å². The van der Waals surface area contributed by atoms with Crippen molar-refractivity contribution < 1.29 is 8.42 Å². The molecule has 0 spiro atoms. The molecule has 4 nitrogen and oxygen atoms in total. The van der Waals surface area contributed by atoms with Crippen LogP contribution in [0.2, 0.25) is 0 Å². The highest BCUT2D eigenvalue weighted by atomic mass is 35.5.